The highest BCUT2D eigenvalue weighted by Gasteiger charge is 2.23. The van der Waals surface area contributed by atoms with E-state index in [1.165, 1.54) is 10.4 Å². The number of anilines is 1. The first kappa shape index (κ1) is 15.5. The molecule has 1 atom stereocenters. The van der Waals surface area contributed by atoms with Crippen molar-refractivity contribution in [3.63, 3.8) is 0 Å². The van der Waals surface area contributed by atoms with Gasteiger partial charge in [0.1, 0.15) is 23.1 Å². The van der Waals surface area contributed by atoms with E-state index < -0.39 is 0 Å². The predicted molar refractivity (Wildman–Crippen MR) is 91.3 cm³/mol. The molecule has 4 rings (SSSR count). The van der Waals surface area contributed by atoms with E-state index >= 15 is 0 Å². The lowest BCUT2D eigenvalue weighted by Crippen LogP contribution is -2.08. The average molecular weight is 345 g/mol. The molecule has 1 fully saturated rings. The highest BCUT2D eigenvalue weighted by Crippen LogP contribution is 2.32. The predicted octanol–water partition coefficient (Wildman–Crippen LogP) is 3.20. The summed E-state index contributed by atoms with van der Waals surface area (Å²) >= 11 is 1.70. The molecule has 1 unspecified atom stereocenters. The van der Waals surface area contributed by atoms with Gasteiger partial charge in [-0.3, -0.25) is 0 Å². The number of thiophene rings is 1. The summed E-state index contributed by atoms with van der Waals surface area (Å²) in [7, 11) is 0. The van der Waals surface area contributed by atoms with Crippen LogP contribution in [0.25, 0.3) is 10.2 Å². The standard InChI is InChI=1S/C16H19N5O2S/c1-9-10(2)24-16-13(9)14(18-8-19-16)17-6-5-12-20-15(23-21-12)11-4-3-7-22-11/h8,11H,3-7H2,1-2H3,(H,17,18,19). The van der Waals surface area contributed by atoms with E-state index in [4.69, 9.17) is 9.26 Å². The molecule has 1 aliphatic heterocycles. The summed E-state index contributed by atoms with van der Waals surface area (Å²) in [4.78, 5) is 15.5. The van der Waals surface area contributed by atoms with Crippen molar-refractivity contribution in [3.05, 3.63) is 28.5 Å². The van der Waals surface area contributed by atoms with Gasteiger partial charge in [-0.05, 0) is 32.3 Å². The summed E-state index contributed by atoms with van der Waals surface area (Å²) in [6.07, 6.45) is 4.24. The molecular weight excluding hydrogens is 326 g/mol. The fourth-order valence-electron chi connectivity index (χ4n) is 2.88. The van der Waals surface area contributed by atoms with Gasteiger partial charge in [0.05, 0.1) is 5.39 Å². The van der Waals surface area contributed by atoms with Gasteiger partial charge in [0, 0.05) is 24.4 Å². The third-order valence-electron chi connectivity index (χ3n) is 4.30. The lowest BCUT2D eigenvalue weighted by Gasteiger charge is -2.05. The van der Waals surface area contributed by atoms with E-state index in [-0.39, 0.29) is 6.10 Å². The van der Waals surface area contributed by atoms with Crippen molar-refractivity contribution >= 4 is 27.4 Å². The molecule has 3 aromatic heterocycles. The Morgan fingerprint density at radius 2 is 2.25 bits per heavy atom. The molecule has 7 nitrogen and oxygen atoms in total. The molecule has 1 saturated heterocycles. The van der Waals surface area contributed by atoms with Crippen LogP contribution in [0, 0.1) is 13.8 Å². The van der Waals surface area contributed by atoms with Crippen LogP contribution in [0.3, 0.4) is 0 Å². The van der Waals surface area contributed by atoms with Crippen molar-refractivity contribution in [2.24, 2.45) is 0 Å². The Bertz CT molecular complexity index is 853. The molecule has 24 heavy (non-hydrogen) atoms. The number of nitrogens with zero attached hydrogens (tertiary/aromatic N) is 4. The normalized spacial score (nSPS) is 17.7. The van der Waals surface area contributed by atoms with Crippen molar-refractivity contribution in [1.82, 2.24) is 20.1 Å². The zero-order chi connectivity index (χ0) is 16.5. The first-order valence-corrected chi connectivity index (χ1v) is 8.92. The summed E-state index contributed by atoms with van der Waals surface area (Å²) < 4.78 is 10.9. The lowest BCUT2D eigenvalue weighted by atomic mass is 10.2. The fourth-order valence-corrected chi connectivity index (χ4v) is 3.88. The van der Waals surface area contributed by atoms with Crippen LogP contribution in [0.4, 0.5) is 5.82 Å². The van der Waals surface area contributed by atoms with Gasteiger partial charge in [-0.25, -0.2) is 9.97 Å². The second-order valence-electron chi connectivity index (χ2n) is 5.91. The van der Waals surface area contributed by atoms with Crippen LogP contribution >= 0.6 is 11.3 Å². The zero-order valence-corrected chi connectivity index (χ0v) is 14.5. The van der Waals surface area contributed by atoms with Crippen molar-refractivity contribution < 1.29 is 9.26 Å². The number of rotatable bonds is 5. The second kappa shape index (κ2) is 6.45. The van der Waals surface area contributed by atoms with E-state index in [0.29, 0.717) is 24.7 Å². The number of fused-ring (bicyclic) bond motifs is 1. The van der Waals surface area contributed by atoms with Gasteiger partial charge in [-0.2, -0.15) is 4.98 Å². The molecule has 4 heterocycles. The van der Waals surface area contributed by atoms with Gasteiger partial charge in [-0.1, -0.05) is 5.16 Å². The Morgan fingerprint density at radius 3 is 3.08 bits per heavy atom. The first-order chi connectivity index (χ1) is 11.7. The Kier molecular flexibility index (Phi) is 4.15. The molecule has 1 aliphatic rings. The van der Waals surface area contributed by atoms with Crippen molar-refractivity contribution in [2.45, 2.75) is 39.2 Å². The zero-order valence-electron chi connectivity index (χ0n) is 13.7. The van der Waals surface area contributed by atoms with Crippen molar-refractivity contribution in [2.75, 3.05) is 18.5 Å². The fraction of sp³-hybridized carbons (Fsp3) is 0.500. The van der Waals surface area contributed by atoms with Crippen LogP contribution in [-0.4, -0.2) is 33.3 Å². The number of aromatic nitrogens is 4. The van der Waals surface area contributed by atoms with Gasteiger partial charge in [-0.15, -0.1) is 11.3 Å². The average Bonchev–Trinajstić information content (AvgIpc) is 3.29. The third kappa shape index (κ3) is 2.87. The number of ether oxygens (including phenoxy) is 1. The quantitative estimate of drug-likeness (QED) is 0.760. The second-order valence-corrected chi connectivity index (χ2v) is 7.12. The number of hydrogen-bond donors (Lipinski definition) is 1. The van der Waals surface area contributed by atoms with E-state index in [0.717, 1.165) is 35.5 Å². The smallest absolute Gasteiger partial charge is 0.255 e. The monoisotopic (exact) mass is 345 g/mol. The molecule has 0 spiro atoms. The topological polar surface area (TPSA) is 86.0 Å². The van der Waals surface area contributed by atoms with Gasteiger partial charge < -0.3 is 14.6 Å². The molecule has 8 heteroatoms. The Hall–Kier alpha value is -2.06. The van der Waals surface area contributed by atoms with Crippen LogP contribution < -0.4 is 5.32 Å². The van der Waals surface area contributed by atoms with E-state index in [2.05, 4.69) is 39.3 Å². The summed E-state index contributed by atoms with van der Waals surface area (Å²) in [5, 5.41) is 8.52. The Balaban J connectivity index is 1.42. The third-order valence-corrected chi connectivity index (χ3v) is 5.41. The highest BCUT2D eigenvalue weighted by molar-refractivity contribution is 7.18. The minimum absolute atomic E-state index is 0.0304. The maximum absolute atomic E-state index is 5.56. The van der Waals surface area contributed by atoms with Crippen LogP contribution in [0.15, 0.2) is 10.9 Å². The van der Waals surface area contributed by atoms with Gasteiger partial charge in [0.25, 0.3) is 5.89 Å². The summed E-state index contributed by atoms with van der Waals surface area (Å²) in [5.74, 6) is 2.15. The molecule has 0 aliphatic carbocycles. The lowest BCUT2D eigenvalue weighted by molar-refractivity contribution is 0.0835. The SMILES string of the molecule is Cc1sc2ncnc(NCCc3noc(C4CCCO4)n3)c2c1C. The van der Waals surface area contributed by atoms with Crippen LogP contribution in [0.2, 0.25) is 0 Å². The van der Waals surface area contributed by atoms with Crippen LogP contribution in [-0.2, 0) is 11.2 Å². The largest absolute Gasteiger partial charge is 0.369 e. The molecule has 1 N–H and O–H groups in total. The Labute approximate surface area is 143 Å². The first-order valence-electron chi connectivity index (χ1n) is 8.11. The molecule has 0 amide bonds. The molecule has 0 aromatic carbocycles. The molecule has 0 bridgehead atoms. The van der Waals surface area contributed by atoms with E-state index in [9.17, 15) is 0 Å². The van der Waals surface area contributed by atoms with Gasteiger partial charge in [0.2, 0.25) is 0 Å². The van der Waals surface area contributed by atoms with Crippen LogP contribution in [0.5, 0.6) is 0 Å². The minimum Gasteiger partial charge on any atom is -0.369 e. The molecule has 126 valence electrons. The summed E-state index contributed by atoms with van der Waals surface area (Å²) in [5.41, 5.74) is 1.23. The minimum atomic E-state index is -0.0304. The molecule has 0 radical (unpaired) electrons. The van der Waals surface area contributed by atoms with Gasteiger partial charge >= 0.3 is 0 Å². The highest BCUT2D eigenvalue weighted by atomic mass is 32.1. The maximum atomic E-state index is 5.56. The number of hydrogen-bond acceptors (Lipinski definition) is 8. The summed E-state index contributed by atoms with van der Waals surface area (Å²) in [6.45, 7) is 5.67. The molecular formula is C16H19N5O2S. The summed E-state index contributed by atoms with van der Waals surface area (Å²) in [6, 6.07) is 0. The van der Waals surface area contributed by atoms with Gasteiger partial charge in [0.15, 0.2) is 5.82 Å². The number of nitrogens with one attached hydrogen (secondary N) is 1. The van der Waals surface area contributed by atoms with Crippen molar-refractivity contribution in [3.8, 4) is 0 Å². The van der Waals surface area contributed by atoms with Crippen LogP contribution in [0.1, 0.15) is 41.1 Å². The maximum Gasteiger partial charge on any atom is 0.255 e. The van der Waals surface area contributed by atoms with E-state index in [1.807, 2.05) is 0 Å². The number of aryl methyl sites for hydroxylation is 2. The van der Waals surface area contributed by atoms with E-state index in [1.54, 1.807) is 17.7 Å². The Morgan fingerprint density at radius 1 is 1.33 bits per heavy atom. The molecule has 3 aromatic rings. The molecule has 0 saturated carbocycles. The van der Waals surface area contributed by atoms with Crippen molar-refractivity contribution in [1.29, 1.82) is 0 Å².